The number of aliphatic hydroxyl groups is 1. The van der Waals surface area contributed by atoms with Gasteiger partial charge in [-0.2, -0.15) is 0 Å². The summed E-state index contributed by atoms with van der Waals surface area (Å²) in [5, 5.41) is 9.59. The molecule has 0 aliphatic heterocycles. The molecule has 94 valence electrons. The summed E-state index contributed by atoms with van der Waals surface area (Å²) in [6, 6.07) is 10.8. The lowest BCUT2D eigenvalue weighted by molar-refractivity contribution is 0.0971. The Morgan fingerprint density at radius 2 is 1.88 bits per heavy atom. The van der Waals surface area contributed by atoms with Crippen LogP contribution in [0.3, 0.4) is 0 Å². The average molecular weight is 233 g/mol. The number of nitrogens with zero attached hydrogens (tertiary/aromatic N) is 1. The highest BCUT2D eigenvalue weighted by Gasteiger charge is 2.27. The van der Waals surface area contributed by atoms with Crippen LogP contribution in [0, 0.1) is 5.92 Å². The molecule has 1 atom stereocenters. The van der Waals surface area contributed by atoms with E-state index in [1.807, 2.05) is 6.07 Å². The normalized spacial score (nSPS) is 18.8. The Kier molecular flexibility index (Phi) is 4.57. The van der Waals surface area contributed by atoms with Crippen LogP contribution >= 0.6 is 0 Å². The quantitative estimate of drug-likeness (QED) is 0.845. The third kappa shape index (κ3) is 3.30. The molecule has 1 aromatic carbocycles. The van der Waals surface area contributed by atoms with Crippen LogP contribution in [0.15, 0.2) is 30.3 Å². The van der Waals surface area contributed by atoms with Gasteiger partial charge in [0, 0.05) is 12.6 Å². The molecule has 1 aromatic rings. The summed E-state index contributed by atoms with van der Waals surface area (Å²) in [5.74, 6) is 0.689. The molecule has 1 N–H and O–H groups in total. The van der Waals surface area contributed by atoms with Crippen molar-refractivity contribution >= 4 is 0 Å². The van der Waals surface area contributed by atoms with Gasteiger partial charge in [-0.3, -0.25) is 4.90 Å². The summed E-state index contributed by atoms with van der Waals surface area (Å²) in [7, 11) is 2.13. The van der Waals surface area contributed by atoms with Gasteiger partial charge in [0.1, 0.15) is 0 Å². The zero-order valence-electron chi connectivity index (χ0n) is 10.7. The number of aliphatic hydroxyl groups excluding tert-OH is 1. The van der Waals surface area contributed by atoms with E-state index >= 15 is 0 Å². The van der Waals surface area contributed by atoms with E-state index in [1.165, 1.54) is 31.2 Å². The summed E-state index contributed by atoms with van der Waals surface area (Å²) in [6.07, 6.45) is 5.23. The Balaban J connectivity index is 1.95. The zero-order valence-corrected chi connectivity index (χ0v) is 10.7. The van der Waals surface area contributed by atoms with E-state index < -0.39 is 0 Å². The fourth-order valence-corrected chi connectivity index (χ4v) is 2.98. The van der Waals surface area contributed by atoms with Crippen molar-refractivity contribution in [2.45, 2.75) is 38.3 Å². The Hall–Kier alpha value is -0.860. The molecule has 0 bridgehead atoms. The molecular formula is C15H23NO. The Bertz CT molecular complexity index is 319. The zero-order chi connectivity index (χ0) is 12.1. The summed E-state index contributed by atoms with van der Waals surface area (Å²) in [6.45, 7) is 1.22. The highest BCUT2D eigenvalue weighted by Crippen LogP contribution is 2.30. The van der Waals surface area contributed by atoms with Crippen molar-refractivity contribution in [1.29, 1.82) is 0 Å². The molecule has 0 aromatic heterocycles. The van der Waals surface area contributed by atoms with E-state index in [4.69, 9.17) is 0 Å². The summed E-state index contributed by atoms with van der Waals surface area (Å²) in [4.78, 5) is 2.31. The molecule has 1 unspecified atom stereocenters. The van der Waals surface area contributed by atoms with Crippen molar-refractivity contribution in [2.75, 3.05) is 13.7 Å². The monoisotopic (exact) mass is 233 g/mol. The van der Waals surface area contributed by atoms with E-state index in [2.05, 4.69) is 36.2 Å². The van der Waals surface area contributed by atoms with Crippen LogP contribution in [0.25, 0.3) is 0 Å². The van der Waals surface area contributed by atoms with Crippen LogP contribution in [0.4, 0.5) is 0 Å². The summed E-state index contributed by atoms with van der Waals surface area (Å²) >= 11 is 0. The highest BCUT2D eigenvalue weighted by molar-refractivity contribution is 5.14. The molecule has 0 saturated heterocycles. The number of hydrogen-bond donors (Lipinski definition) is 1. The first-order valence-electron chi connectivity index (χ1n) is 6.66. The Morgan fingerprint density at radius 1 is 1.24 bits per heavy atom. The standard InChI is InChI=1S/C15H23NO/c1-16(11-13-7-3-2-4-8-13)15(12-17)14-9-5-6-10-14/h2-4,7-8,14-15,17H,5-6,9-12H2,1H3. The van der Waals surface area contributed by atoms with Gasteiger partial charge in [0.05, 0.1) is 6.61 Å². The van der Waals surface area contributed by atoms with E-state index in [9.17, 15) is 5.11 Å². The van der Waals surface area contributed by atoms with Crippen LogP contribution in [0.1, 0.15) is 31.2 Å². The van der Waals surface area contributed by atoms with Gasteiger partial charge in [0.15, 0.2) is 0 Å². The first-order valence-corrected chi connectivity index (χ1v) is 6.66. The second-order valence-corrected chi connectivity index (χ2v) is 5.20. The van der Waals surface area contributed by atoms with Crippen molar-refractivity contribution in [3.8, 4) is 0 Å². The smallest absolute Gasteiger partial charge is 0.0589 e. The third-order valence-corrected chi connectivity index (χ3v) is 3.97. The molecule has 0 amide bonds. The van der Waals surface area contributed by atoms with Crippen LogP contribution in [0.5, 0.6) is 0 Å². The predicted octanol–water partition coefficient (Wildman–Crippen LogP) is 2.67. The van der Waals surface area contributed by atoms with Crippen LogP contribution < -0.4 is 0 Å². The van der Waals surface area contributed by atoms with Gasteiger partial charge >= 0.3 is 0 Å². The van der Waals surface area contributed by atoms with Gasteiger partial charge in [0.2, 0.25) is 0 Å². The molecule has 1 aliphatic rings. The van der Waals surface area contributed by atoms with Crippen LogP contribution in [0.2, 0.25) is 0 Å². The highest BCUT2D eigenvalue weighted by atomic mass is 16.3. The minimum absolute atomic E-state index is 0.286. The topological polar surface area (TPSA) is 23.5 Å². The number of benzene rings is 1. The second kappa shape index (κ2) is 6.18. The van der Waals surface area contributed by atoms with Gasteiger partial charge in [-0.25, -0.2) is 0 Å². The molecule has 1 aliphatic carbocycles. The van der Waals surface area contributed by atoms with Gasteiger partial charge in [-0.15, -0.1) is 0 Å². The molecule has 1 saturated carbocycles. The van der Waals surface area contributed by atoms with E-state index in [1.54, 1.807) is 0 Å². The maximum Gasteiger partial charge on any atom is 0.0589 e. The molecule has 2 heteroatoms. The van der Waals surface area contributed by atoms with Gasteiger partial charge < -0.3 is 5.11 Å². The Morgan fingerprint density at radius 3 is 2.47 bits per heavy atom. The first-order chi connectivity index (χ1) is 8.31. The fraction of sp³-hybridized carbons (Fsp3) is 0.600. The summed E-state index contributed by atoms with van der Waals surface area (Å²) < 4.78 is 0. The lowest BCUT2D eigenvalue weighted by Crippen LogP contribution is -2.39. The molecular weight excluding hydrogens is 210 g/mol. The molecule has 17 heavy (non-hydrogen) atoms. The number of likely N-dealkylation sites (N-methyl/N-ethyl adjacent to an activating group) is 1. The molecule has 1 fully saturated rings. The van der Waals surface area contributed by atoms with Gasteiger partial charge in [-0.05, 0) is 31.4 Å². The lowest BCUT2D eigenvalue weighted by atomic mass is 9.97. The summed E-state index contributed by atoms with van der Waals surface area (Å²) in [5.41, 5.74) is 1.33. The van der Waals surface area contributed by atoms with Crippen molar-refractivity contribution < 1.29 is 5.11 Å². The third-order valence-electron chi connectivity index (χ3n) is 3.97. The van der Waals surface area contributed by atoms with Crippen LogP contribution in [-0.2, 0) is 6.54 Å². The first kappa shape index (κ1) is 12.6. The largest absolute Gasteiger partial charge is 0.395 e. The maximum atomic E-state index is 9.59. The molecule has 0 heterocycles. The minimum atomic E-state index is 0.286. The van der Waals surface area contributed by atoms with Gasteiger partial charge in [0.25, 0.3) is 0 Å². The maximum absolute atomic E-state index is 9.59. The predicted molar refractivity (Wildman–Crippen MR) is 70.7 cm³/mol. The fourth-order valence-electron chi connectivity index (χ4n) is 2.98. The van der Waals surface area contributed by atoms with E-state index in [0.29, 0.717) is 12.0 Å². The second-order valence-electron chi connectivity index (χ2n) is 5.20. The number of rotatable bonds is 5. The molecule has 2 rings (SSSR count). The van der Waals surface area contributed by atoms with E-state index in [0.717, 1.165) is 6.54 Å². The van der Waals surface area contributed by atoms with Gasteiger partial charge in [-0.1, -0.05) is 43.2 Å². The average Bonchev–Trinajstić information content (AvgIpc) is 2.85. The SMILES string of the molecule is CN(Cc1ccccc1)C(CO)C1CCCC1. The van der Waals surface area contributed by atoms with Crippen molar-refractivity contribution in [3.63, 3.8) is 0 Å². The number of hydrogen-bond acceptors (Lipinski definition) is 2. The van der Waals surface area contributed by atoms with Crippen molar-refractivity contribution in [2.24, 2.45) is 5.92 Å². The van der Waals surface area contributed by atoms with Crippen molar-refractivity contribution in [3.05, 3.63) is 35.9 Å². The van der Waals surface area contributed by atoms with E-state index in [-0.39, 0.29) is 6.61 Å². The lowest BCUT2D eigenvalue weighted by Gasteiger charge is -2.31. The minimum Gasteiger partial charge on any atom is -0.395 e. The molecule has 0 radical (unpaired) electrons. The van der Waals surface area contributed by atoms with Crippen molar-refractivity contribution in [1.82, 2.24) is 4.90 Å². The molecule has 0 spiro atoms. The Labute approximate surface area is 104 Å². The van der Waals surface area contributed by atoms with Crippen LogP contribution in [-0.4, -0.2) is 29.7 Å². The molecule has 2 nitrogen and oxygen atoms in total.